The van der Waals surface area contributed by atoms with Gasteiger partial charge in [0.05, 0.1) is 63.1 Å². The number of nitrogens with zero attached hydrogens (tertiary/aromatic N) is 1. The van der Waals surface area contributed by atoms with Gasteiger partial charge in [-0.25, -0.2) is 9.59 Å². The summed E-state index contributed by atoms with van der Waals surface area (Å²) < 4.78 is 31.5. The van der Waals surface area contributed by atoms with Gasteiger partial charge in [-0.15, -0.1) is 0 Å². The van der Waals surface area contributed by atoms with Gasteiger partial charge in [-0.1, -0.05) is 59.7 Å². The largest absolute Gasteiger partial charge is 0.460 e. The molecule has 48 heavy (non-hydrogen) atoms. The van der Waals surface area contributed by atoms with Gasteiger partial charge in [0.25, 0.3) is 0 Å². The fraction of sp³-hybridized carbons (Fsp3) is 0.513. The summed E-state index contributed by atoms with van der Waals surface area (Å²) in [4.78, 5) is 28.3. The Morgan fingerprint density at radius 2 is 1.06 bits per heavy atom. The van der Waals surface area contributed by atoms with E-state index in [9.17, 15) is 9.59 Å². The number of rotatable bonds is 16. The van der Waals surface area contributed by atoms with E-state index in [0.717, 1.165) is 16.8 Å². The zero-order valence-corrected chi connectivity index (χ0v) is 30.4. The zero-order chi connectivity index (χ0) is 35.6. The summed E-state index contributed by atoms with van der Waals surface area (Å²) in [6.07, 6.45) is 1.74. The zero-order valence-electron chi connectivity index (χ0n) is 30.4. The number of hydrogen-bond acceptors (Lipinski definition) is 9. The minimum Gasteiger partial charge on any atom is -0.460 e. The summed E-state index contributed by atoms with van der Waals surface area (Å²) in [5.41, 5.74) is 6.83. The topological polar surface area (TPSA) is 102 Å². The number of carbonyl (C=O) groups is 2. The summed E-state index contributed by atoms with van der Waals surface area (Å²) in [6.45, 7) is 20.6. The lowest BCUT2D eigenvalue weighted by Crippen LogP contribution is -2.15. The van der Waals surface area contributed by atoms with Crippen LogP contribution >= 0.6 is 0 Å². The first-order chi connectivity index (χ1) is 22.7. The SMILES string of the molecule is COCCOCCOC(=O)c1ccc(C(C)(C)C)c(C)c1.Cc1cc(C(=O)OCCOCCOCc2ccccn2)ccc1C(C)(C)C. The van der Waals surface area contributed by atoms with Crippen molar-refractivity contribution in [2.75, 3.05) is 60.0 Å². The second-order valence-corrected chi connectivity index (χ2v) is 13.4. The molecule has 264 valence electrons. The third kappa shape index (κ3) is 15.1. The molecule has 0 radical (unpaired) electrons. The Balaban J connectivity index is 0.000000345. The van der Waals surface area contributed by atoms with Crippen LogP contribution in [0.1, 0.15) is 90.2 Å². The van der Waals surface area contributed by atoms with E-state index in [-0.39, 0.29) is 36.0 Å². The van der Waals surface area contributed by atoms with Crippen molar-refractivity contribution < 1.29 is 38.0 Å². The van der Waals surface area contributed by atoms with E-state index in [1.807, 2.05) is 68.4 Å². The minimum atomic E-state index is -0.325. The number of aryl methyl sites for hydroxylation is 2. The number of benzene rings is 2. The van der Waals surface area contributed by atoms with Gasteiger partial charge in [-0.2, -0.15) is 0 Å². The Morgan fingerprint density at radius 1 is 0.604 bits per heavy atom. The molecule has 1 heterocycles. The molecule has 3 rings (SSSR count). The molecule has 0 saturated carbocycles. The molecule has 0 unspecified atom stereocenters. The Morgan fingerprint density at radius 3 is 1.48 bits per heavy atom. The maximum Gasteiger partial charge on any atom is 0.338 e. The summed E-state index contributed by atoms with van der Waals surface area (Å²) in [5, 5.41) is 0. The van der Waals surface area contributed by atoms with Gasteiger partial charge in [-0.05, 0) is 83.3 Å². The van der Waals surface area contributed by atoms with Crippen molar-refractivity contribution in [3.63, 3.8) is 0 Å². The van der Waals surface area contributed by atoms with E-state index >= 15 is 0 Å². The first kappa shape index (κ1) is 40.5. The van der Waals surface area contributed by atoms with E-state index in [4.69, 9.17) is 28.4 Å². The number of ether oxygens (including phenoxy) is 6. The number of pyridine rings is 1. The lowest BCUT2D eigenvalue weighted by Gasteiger charge is -2.22. The highest BCUT2D eigenvalue weighted by Crippen LogP contribution is 2.27. The van der Waals surface area contributed by atoms with Crippen molar-refractivity contribution in [3.05, 3.63) is 99.9 Å². The molecule has 3 aromatic rings. The van der Waals surface area contributed by atoms with Gasteiger partial charge in [0.1, 0.15) is 13.2 Å². The third-order valence-electron chi connectivity index (χ3n) is 7.24. The van der Waals surface area contributed by atoms with Gasteiger partial charge in [0.2, 0.25) is 0 Å². The fourth-order valence-electron chi connectivity index (χ4n) is 4.94. The molecule has 0 amide bonds. The molecule has 0 fully saturated rings. The van der Waals surface area contributed by atoms with Crippen LogP contribution in [0, 0.1) is 13.8 Å². The third-order valence-corrected chi connectivity index (χ3v) is 7.24. The number of hydrogen-bond donors (Lipinski definition) is 0. The summed E-state index contributed by atoms with van der Waals surface area (Å²) in [5.74, 6) is -0.637. The van der Waals surface area contributed by atoms with E-state index in [1.165, 1.54) is 11.1 Å². The molecular weight excluding hydrogens is 610 g/mol. The van der Waals surface area contributed by atoms with Gasteiger partial charge >= 0.3 is 11.9 Å². The van der Waals surface area contributed by atoms with Gasteiger partial charge in [0.15, 0.2) is 0 Å². The molecular formula is C39H55NO8. The van der Waals surface area contributed by atoms with Crippen LogP contribution in [-0.4, -0.2) is 76.9 Å². The van der Waals surface area contributed by atoms with Crippen molar-refractivity contribution in [1.82, 2.24) is 4.98 Å². The normalized spacial score (nSPS) is 11.4. The molecule has 0 aliphatic rings. The molecule has 0 saturated heterocycles. The van der Waals surface area contributed by atoms with Crippen LogP contribution in [0.3, 0.4) is 0 Å². The number of aromatic nitrogens is 1. The molecule has 9 nitrogen and oxygen atoms in total. The Kier molecular flexibility index (Phi) is 17.5. The number of methoxy groups -OCH3 is 1. The first-order valence-electron chi connectivity index (χ1n) is 16.4. The molecule has 0 bridgehead atoms. The fourth-order valence-corrected chi connectivity index (χ4v) is 4.94. The molecule has 9 heteroatoms. The molecule has 0 aliphatic heterocycles. The monoisotopic (exact) mass is 665 g/mol. The highest BCUT2D eigenvalue weighted by atomic mass is 16.6. The van der Waals surface area contributed by atoms with Crippen molar-refractivity contribution in [1.29, 1.82) is 0 Å². The van der Waals surface area contributed by atoms with Crippen LogP contribution in [0.25, 0.3) is 0 Å². The molecule has 1 aromatic heterocycles. The predicted molar refractivity (Wildman–Crippen MR) is 188 cm³/mol. The van der Waals surface area contributed by atoms with E-state index in [0.29, 0.717) is 57.4 Å². The standard InChI is InChI=1S/C22H29NO4.C17H26O4/c1-17-15-18(8-9-20(17)22(2,3)4)21(24)27-14-13-25-11-12-26-16-19-7-5-6-10-23-19;1-13-12-14(6-7-15(13)17(2,3)4)16(18)21-11-10-20-9-8-19-5/h5-10,15H,11-14,16H2,1-4H3;6-7,12H,8-11H2,1-5H3. The Bertz CT molecular complexity index is 1390. The second kappa shape index (κ2) is 20.7. The lowest BCUT2D eigenvalue weighted by atomic mass is 9.83. The molecule has 2 aromatic carbocycles. The summed E-state index contributed by atoms with van der Waals surface area (Å²) in [7, 11) is 1.62. The van der Waals surface area contributed by atoms with Gasteiger partial charge in [0, 0.05) is 13.3 Å². The minimum absolute atomic E-state index is 0.0546. The van der Waals surface area contributed by atoms with E-state index in [1.54, 1.807) is 13.3 Å². The second-order valence-electron chi connectivity index (χ2n) is 13.4. The van der Waals surface area contributed by atoms with Crippen LogP contribution < -0.4 is 0 Å². The number of carbonyl (C=O) groups excluding carboxylic acids is 2. The van der Waals surface area contributed by atoms with Gasteiger partial charge < -0.3 is 28.4 Å². The average Bonchev–Trinajstić information content (AvgIpc) is 3.03. The lowest BCUT2D eigenvalue weighted by molar-refractivity contribution is 0.0112. The van der Waals surface area contributed by atoms with E-state index in [2.05, 4.69) is 46.5 Å². The molecule has 0 spiro atoms. The van der Waals surface area contributed by atoms with Crippen LogP contribution in [0.5, 0.6) is 0 Å². The highest BCUT2D eigenvalue weighted by Gasteiger charge is 2.19. The highest BCUT2D eigenvalue weighted by molar-refractivity contribution is 5.90. The van der Waals surface area contributed by atoms with Crippen LogP contribution in [-0.2, 0) is 45.9 Å². The maximum atomic E-state index is 12.1. The summed E-state index contributed by atoms with van der Waals surface area (Å²) >= 11 is 0. The Labute approximate surface area is 287 Å². The van der Waals surface area contributed by atoms with Crippen molar-refractivity contribution in [2.24, 2.45) is 0 Å². The van der Waals surface area contributed by atoms with Gasteiger partial charge in [-0.3, -0.25) is 4.98 Å². The van der Waals surface area contributed by atoms with Crippen LogP contribution in [0.4, 0.5) is 0 Å². The van der Waals surface area contributed by atoms with Crippen LogP contribution in [0.2, 0.25) is 0 Å². The molecule has 0 atom stereocenters. The quantitative estimate of drug-likeness (QED) is 0.116. The smallest absolute Gasteiger partial charge is 0.338 e. The van der Waals surface area contributed by atoms with Crippen LogP contribution in [0.15, 0.2) is 60.8 Å². The Hall–Kier alpha value is -3.63. The summed E-state index contributed by atoms with van der Waals surface area (Å²) in [6, 6.07) is 17.1. The maximum absolute atomic E-state index is 12.1. The first-order valence-corrected chi connectivity index (χ1v) is 16.4. The van der Waals surface area contributed by atoms with E-state index < -0.39 is 0 Å². The molecule has 0 N–H and O–H groups in total. The van der Waals surface area contributed by atoms with Crippen molar-refractivity contribution in [3.8, 4) is 0 Å². The predicted octanol–water partition coefficient (Wildman–Crippen LogP) is 7.19. The van der Waals surface area contributed by atoms with Crippen molar-refractivity contribution >= 4 is 11.9 Å². The van der Waals surface area contributed by atoms with Crippen molar-refractivity contribution in [2.45, 2.75) is 72.8 Å². The molecule has 0 aliphatic carbocycles. The number of esters is 2. The average molecular weight is 666 g/mol.